The molecule has 0 spiro atoms. The van der Waals surface area contributed by atoms with Crippen LogP contribution in [-0.2, 0) is 0 Å². The molecular weight excluding hydrogens is 386 g/mol. The number of nitrogens with zero attached hydrogens (tertiary/aromatic N) is 2. The van der Waals surface area contributed by atoms with E-state index in [2.05, 4.69) is 15.3 Å². The Morgan fingerprint density at radius 3 is 2.48 bits per heavy atom. The smallest absolute Gasteiger partial charge is 0.543 e. The first-order valence-electron chi connectivity index (χ1n) is 8.14. The Balaban J connectivity index is 0.00000210. The molecule has 1 aliphatic heterocycles. The minimum Gasteiger partial charge on any atom is -0.543 e. The van der Waals surface area contributed by atoms with Gasteiger partial charge in [0.05, 0.1) is 21.7 Å². The number of aromatic nitrogens is 2. The predicted octanol–water partition coefficient (Wildman–Crippen LogP) is -1.74. The number of piperidine rings is 1. The number of anilines is 1. The van der Waals surface area contributed by atoms with Crippen LogP contribution in [-0.4, -0.2) is 41.0 Å². The van der Waals surface area contributed by atoms with Gasteiger partial charge < -0.3 is 25.1 Å². The largest absolute Gasteiger partial charge is 1.00 e. The van der Waals surface area contributed by atoms with Crippen LogP contribution in [0.1, 0.15) is 26.7 Å². The van der Waals surface area contributed by atoms with Crippen molar-refractivity contribution in [2.75, 3.05) is 18.0 Å². The van der Waals surface area contributed by atoms with Crippen LogP contribution in [0.3, 0.4) is 0 Å². The molecule has 1 saturated heterocycles. The molecule has 1 saturated carbocycles. The van der Waals surface area contributed by atoms with Crippen LogP contribution in [0, 0.1) is 18.8 Å². The molecule has 2 aromatic rings. The molecule has 3 atom stereocenters. The van der Waals surface area contributed by atoms with Gasteiger partial charge >= 0.3 is 18.9 Å². The number of carbonyl (C=O) groups excluding carboxylic acids is 2. The number of nitrogens with one attached hydrogen (secondary N) is 2. The second kappa shape index (κ2) is 7.40. The zero-order valence-electron chi connectivity index (χ0n) is 14.8. The van der Waals surface area contributed by atoms with Crippen molar-refractivity contribution in [3.63, 3.8) is 0 Å². The number of aromatic amines is 1. The van der Waals surface area contributed by atoms with Gasteiger partial charge in [0.1, 0.15) is 11.5 Å². The van der Waals surface area contributed by atoms with E-state index >= 15 is 0 Å². The SMILES string of the molecule is Cc1[nH]c(C(=O)NC2[C@H]3CN(c4cccc(C(=O)[O-])n4)C[C@@H]23)c(Cl)c1Cl.[Li+]. The van der Waals surface area contributed by atoms with Crippen molar-refractivity contribution in [3.05, 3.63) is 45.3 Å². The summed E-state index contributed by atoms with van der Waals surface area (Å²) in [6, 6.07) is 4.90. The van der Waals surface area contributed by atoms with Crippen molar-refractivity contribution >= 4 is 40.9 Å². The maximum atomic E-state index is 12.4. The quantitative estimate of drug-likeness (QED) is 0.593. The Labute approximate surface area is 177 Å². The summed E-state index contributed by atoms with van der Waals surface area (Å²) in [6.45, 7) is 3.16. The standard InChI is InChI=1S/C17H16Cl2N4O3.Li/c1-7-12(18)13(19)15(20-7)16(24)22-14-8-5-23(6-9(8)14)11-4-2-3-10(21-11)17(25)26;/h2-4,8-9,14,20H,5-6H2,1H3,(H,22,24)(H,25,26);/q;+1/p-1/t8-,9+,14?;. The van der Waals surface area contributed by atoms with Gasteiger partial charge in [-0.3, -0.25) is 4.79 Å². The summed E-state index contributed by atoms with van der Waals surface area (Å²) in [4.78, 5) is 32.4. The average molecular weight is 401 g/mol. The van der Waals surface area contributed by atoms with E-state index < -0.39 is 5.97 Å². The molecule has 4 rings (SSSR count). The van der Waals surface area contributed by atoms with Crippen molar-refractivity contribution in [2.24, 2.45) is 11.8 Å². The van der Waals surface area contributed by atoms with Gasteiger partial charge in [-0.2, -0.15) is 0 Å². The number of aromatic carboxylic acids is 1. The van der Waals surface area contributed by atoms with Crippen molar-refractivity contribution in [1.29, 1.82) is 0 Å². The van der Waals surface area contributed by atoms with Crippen LogP contribution < -0.4 is 34.2 Å². The number of pyridine rings is 1. The number of halogens is 2. The number of rotatable bonds is 4. The van der Waals surface area contributed by atoms with E-state index in [9.17, 15) is 14.7 Å². The maximum absolute atomic E-state index is 12.4. The number of carboxylic acid groups (broad SMARTS) is 1. The second-order valence-electron chi connectivity index (χ2n) is 6.65. The number of amides is 1. The van der Waals surface area contributed by atoms with Gasteiger partial charge in [-0.05, 0) is 19.1 Å². The predicted molar refractivity (Wildman–Crippen MR) is 94.6 cm³/mol. The van der Waals surface area contributed by atoms with Crippen molar-refractivity contribution < 1.29 is 33.6 Å². The molecule has 1 aliphatic carbocycles. The van der Waals surface area contributed by atoms with E-state index in [1.165, 1.54) is 6.07 Å². The Bertz CT molecular complexity index is 908. The molecule has 27 heavy (non-hydrogen) atoms. The fraction of sp³-hybridized carbons (Fsp3) is 0.353. The summed E-state index contributed by atoms with van der Waals surface area (Å²) >= 11 is 12.1. The fourth-order valence-electron chi connectivity index (χ4n) is 3.59. The number of H-pyrrole nitrogens is 1. The first-order chi connectivity index (χ1) is 12.4. The summed E-state index contributed by atoms with van der Waals surface area (Å²) in [5.74, 6) is -0.347. The second-order valence-corrected chi connectivity index (χ2v) is 7.41. The summed E-state index contributed by atoms with van der Waals surface area (Å²) in [5.41, 5.74) is 0.851. The van der Waals surface area contributed by atoms with Gasteiger partial charge in [-0.25, -0.2) is 4.98 Å². The molecule has 1 unspecified atom stereocenters. The number of hydrogen-bond donors (Lipinski definition) is 2. The molecule has 2 aromatic heterocycles. The first kappa shape index (κ1) is 20.1. The topological polar surface area (TPSA) is 101 Å². The minimum absolute atomic E-state index is 0. The molecule has 2 aliphatic rings. The Hall–Kier alpha value is -1.65. The van der Waals surface area contributed by atoms with E-state index in [0.29, 0.717) is 41.5 Å². The normalized spacial score (nSPS) is 22.8. The number of hydrogen-bond acceptors (Lipinski definition) is 5. The Kier molecular flexibility index (Phi) is 5.51. The van der Waals surface area contributed by atoms with Crippen LogP contribution in [0.5, 0.6) is 0 Å². The molecule has 1 amide bonds. The van der Waals surface area contributed by atoms with Crippen LogP contribution >= 0.6 is 23.2 Å². The van der Waals surface area contributed by atoms with Crippen LogP contribution in [0.25, 0.3) is 0 Å². The molecule has 10 heteroatoms. The first-order valence-corrected chi connectivity index (χ1v) is 8.90. The van der Waals surface area contributed by atoms with Gasteiger partial charge in [0, 0.05) is 36.7 Å². The van der Waals surface area contributed by atoms with Crippen molar-refractivity contribution in [3.8, 4) is 0 Å². The summed E-state index contributed by atoms with van der Waals surface area (Å²) < 4.78 is 0. The third-order valence-electron chi connectivity index (χ3n) is 5.04. The molecule has 136 valence electrons. The third kappa shape index (κ3) is 3.57. The molecule has 0 radical (unpaired) electrons. The third-order valence-corrected chi connectivity index (χ3v) is 5.99. The molecular formula is C17H15Cl2LiN4O3. The van der Waals surface area contributed by atoms with E-state index in [1.54, 1.807) is 19.1 Å². The van der Waals surface area contributed by atoms with Gasteiger partial charge in [-0.15, -0.1) is 0 Å². The molecule has 2 N–H and O–H groups in total. The summed E-state index contributed by atoms with van der Waals surface area (Å²) in [7, 11) is 0. The zero-order valence-corrected chi connectivity index (χ0v) is 16.3. The molecule has 3 heterocycles. The van der Waals surface area contributed by atoms with E-state index in [0.717, 1.165) is 0 Å². The van der Waals surface area contributed by atoms with Gasteiger partial charge in [0.25, 0.3) is 5.91 Å². The maximum Gasteiger partial charge on any atom is 1.00 e. The van der Waals surface area contributed by atoms with E-state index in [1.807, 2.05) is 4.90 Å². The monoisotopic (exact) mass is 400 g/mol. The Morgan fingerprint density at radius 1 is 1.26 bits per heavy atom. The number of fused-ring (bicyclic) bond motifs is 1. The number of carbonyl (C=O) groups is 2. The molecule has 7 nitrogen and oxygen atoms in total. The van der Waals surface area contributed by atoms with Gasteiger partial charge in [0.15, 0.2) is 0 Å². The van der Waals surface area contributed by atoms with Crippen molar-refractivity contribution in [2.45, 2.75) is 13.0 Å². The van der Waals surface area contributed by atoms with Gasteiger partial charge in [-0.1, -0.05) is 29.3 Å². The number of carboxylic acids is 1. The van der Waals surface area contributed by atoms with Crippen molar-refractivity contribution in [1.82, 2.24) is 15.3 Å². The van der Waals surface area contributed by atoms with Crippen LogP contribution in [0.2, 0.25) is 10.0 Å². The fourth-order valence-corrected chi connectivity index (χ4v) is 4.01. The van der Waals surface area contributed by atoms with Crippen LogP contribution in [0.4, 0.5) is 5.82 Å². The molecule has 0 aromatic carbocycles. The minimum atomic E-state index is -1.29. The average Bonchev–Trinajstić information content (AvgIpc) is 2.95. The summed E-state index contributed by atoms with van der Waals surface area (Å²) in [5, 5.41) is 14.5. The molecule has 2 fully saturated rings. The number of aryl methyl sites for hydroxylation is 1. The Morgan fingerprint density at radius 2 is 1.93 bits per heavy atom. The van der Waals surface area contributed by atoms with E-state index in [-0.39, 0.29) is 47.2 Å². The van der Waals surface area contributed by atoms with Gasteiger partial charge in [0.2, 0.25) is 0 Å². The van der Waals surface area contributed by atoms with E-state index in [4.69, 9.17) is 23.2 Å². The zero-order chi connectivity index (χ0) is 18.6. The van der Waals surface area contributed by atoms with Crippen LogP contribution in [0.15, 0.2) is 18.2 Å². The summed E-state index contributed by atoms with van der Waals surface area (Å²) in [6.07, 6.45) is 0. The molecule has 0 bridgehead atoms.